The Morgan fingerprint density at radius 1 is 1.31 bits per heavy atom. The minimum absolute atomic E-state index is 0.620. The second-order valence-electron chi connectivity index (χ2n) is 3.73. The van der Waals surface area contributed by atoms with E-state index in [1.807, 2.05) is 24.7 Å². The molecule has 0 aromatic carbocycles. The number of nitrogens with zero attached hydrogens (tertiary/aromatic N) is 2. The number of fused-ring (bicyclic) bond motifs is 1. The number of hydrogen-bond acceptors (Lipinski definition) is 0. The molecule has 0 unspecified atom stereocenters. The first-order valence-corrected chi connectivity index (χ1v) is 5.00. The molecule has 2 heterocycles. The van der Waals surface area contributed by atoms with Crippen LogP contribution in [-0.2, 0) is 19.6 Å². The molecule has 2 aromatic rings. The number of aryl methyl sites for hydroxylation is 2. The van der Waals surface area contributed by atoms with Crippen LogP contribution in [0.2, 0.25) is 0 Å². The summed E-state index contributed by atoms with van der Waals surface area (Å²) in [5.74, 6) is 0. The Kier molecular flexibility index (Phi) is 2.40. The SMILES string of the molecule is CCc1c[n+](C)c2ccc(C(F)(F)F)cn12. The van der Waals surface area contributed by atoms with Gasteiger partial charge in [0, 0.05) is 12.5 Å². The molecule has 0 saturated carbocycles. The van der Waals surface area contributed by atoms with Crippen LogP contribution in [-0.4, -0.2) is 4.40 Å². The van der Waals surface area contributed by atoms with Gasteiger partial charge in [0.25, 0.3) is 5.65 Å². The molecule has 86 valence electrons. The summed E-state index contributed by atoms with van der Waals surface area (Å²) in [6.45, 7) is 1.92. The zero-order chi connectivity index (χ0) is 11.9. The molecule has 2 aromatic heterocycles. The molecule has 0 bridgehead atoms. The van der Waals surface area contributed by atoms with E-state index < -0.39 is 11.7 Å². The average molecular weight is 229 g/mol. The van der Waals surface area contributed by atoms with E-state index >= 15 is 0 Å². The highest BCUT2D eigenvalue weighted by Crippen LogP contribution is 2.29. The fourth-order valence-corrected chi connectivity index (χ4v) is 1.79. The fraction of sp³-hybridized carbons (Fsp3) is 0.364. The molecule has 0 spiro atoms. The van der Waals surface area contributed by atoms with Crippen LogP contribution >= 0.6 is 0 Å². The molecule has 0 aliphatic rings. The lowest BCUT2D eigenvalue weighted by Crippen LogP contribution is -2.25. The van der Waals surface area contributed by atoms with E-state index in [9.17, 15) is 13.2 Å². The third kappa shape index (κ3) is 1.66. The van der Waals surface area contributed by atoms with E-state index in [0.717, 1.165) is 23.6 Å². The largest absolute Gasteiger partial charge is 0.419 e. The van der Waals surface area contributed by atoms with E-state index in [2.05, 4.69) is 0 Å². The first-order valence-electron chi connectivity index (χ1n) is 5.00. The summed E-state index contributed by atoms with van der Waals surface area (Å²) >= 11 is 0. The smallest absolute Gasteiger partial charge is 0.233 e. The molecule has 0 aliphatic heterocycles. The van der Waals surface area contributed by atoms with Crippen LogP contribution in [0.4, 0.5) is 13.2 Å². The molecule has 2 rings (SSSR count). The van der Waals surface area contributed by atoms with Crippen LogP contribution in [0.5, 0.6) is 0 Å². The van der Waals surface area contributed by atoms with Crippen molar-refractivity contribution in [3.8, 4) is 0 Å². The number of alkyl halides is 3. The number of aromatic nitrogens is 2. The Hall–Kier alpha value is -1.52. The van der Waals surface area contributed by atoms with Crippen molar-refractivity contribution in [2.75, 3.05) is 0 Å². The second-order valence-corrected chi connectivity index (χ2v) is 3.73. The van der Waals surface area contributed by atoms with Crippen molar-refractivity contribution in [1.82, 2.24) is 4.40 Å². The molecule has 0 radical (unpaired) electrons. The molecule has 0 aliphatic carbocycles. The fourth-order valence-electron chi connectivity index (χ4n) is 1.79. The van der Waals surface area contributed by atoms with Crippen LogP contribution in [0, 0.1) is 0 Å². The summed E-state index contributed by atoms with van der Waals surface area (Å²) in [4.78, 5) is 0. The Morgan fingerprint density at radius 2 is 2.00 bits per heavy atom. The van der Waals surface area contributed by atoms with Gasteiger partial charge >= 0.3 is 6.18 Å². The molecule has 5 heteroatoms. The zero-order valence-corrected chi connectivity index (χ0v) is 9.04. The van der Waals surface area contributed by atoms with Gasteiger partial charge in [0.15, 0.2) is 0 Å². The van der Waals surface area contributed by atoms with Crippen molar-refractivity contribution in [3.63, 3.8) is 0 Å². The van der Waals surface area contributed by atoms with Gasteiger partial charge in [-0.1, -0.05) is 6.92 Å². The number of rotatable bonds is 1. The summed E-state index contributed by atoms with van der Waals surface area (Å²) in [5, 5.41) is 0. The van der Waals surface area contributed by atoms with Crippen LogP contribution in [0.15, 0.2) is 24.5 Å². The van der Waals surface area contributed by atoms with Gasteiger partial charge in [-0.05, 0) is 6.07 Å². The highest BCUT2D eigenvalue weighted by Gasteiger charge is 2.32. The first-order chi connectivity index (χ1) is 7.43. The first kappa shape index (κ1) is 11.0. The van der Waals surface area contributed by atoms with Gasteiger partial charge in [-0.3, -0.25) is 0 Å². The van der Waals surface area contributed by atoms with Crippen molar-refractivity contribution >= 4 is 5.65 Å². The second kappa shape index (κ2) is 3.50. The zero-order valence-electron chi connectivity index (χ0n) is 9.04. The summed E-state index contributed by atoms with van der Waals surface area (Å²) in [5.41, 5.74) is 0.999. The Balaban J connectivity index is 2.69. The van der Waals surface area contributed by atoms with Gasteiger partial charge in [0.1, 0.15) is 18.1 Å². The molecule has 0 N–H and O–H groups in total. The van der Waals surface area contributed by atoms with E-state index in [0.29, 0.717) is 6.42 Å². The third-order valence-corrected chi connectivity index (χ3v) is 2.63. The third-order valence-electron chi connectivity index (χ3n) is 2.63. The lowest BCUT2D eigenvalue weighted by atomic mass is 10.2. The molecule has 16 heavy (non-hydrogen) atoms. The van der Waals surface area contributed by atoms with Crippen molar-refractivity contribution in [1.29, 1.82) is 0 Å². The molecule has 0 amide bonds. The molecule has 2 nitrogen and oxygen atoms in total. The van der Waals surface area contributed by atoms with E-state index in [1.54, 1.807) is 4.40 Å². The topological polar surface area (TPSA) is 8.29 Å². The minimum atomic E-state index is -4.29. The molecular weight excluding hydrogens is 217 g/mol. The highest BCUT2D eigenvalue weighted by molar-refractivity contribution is 5.37. The van der Waals surface area contributed by atoms with Crippen molar-refractivity contribution < 1.29 is 17.7 Å². The predicted octanol–water partition coefficient (Wildman–Crippen LogP) is 2.35. The van der Waals surface area contributed by atoms with Gasteiger partial charge in [-0.15, -0.1) is 0 Å². The van der Waals surface area contributed by atoms with Crippen LogP contribution in [0.3, 0.4) is 0 Å². The molecular formula is C11H12F3N2+. The lowest BCUT2D eigenvalue weighted by Gasteiger charge is -2.04. The summed E-state index contributed by atoms with van der Waals surface area (Å²) in [6, 6.07) is 2.59. The summed E-state index contributed by atoms with van der Waals surface area (Å²) in [6.07, 6.45) is -0.602. The normalized spacial score (nSPS) is 12.3. The van der Waals surface area contributed by atoms with Crippen molar-refractivity contribution in [2.24, 2.45) is 7.05 Å². The summed E-state index contributed by atoms with van der Waals surface area (Å²) < 4.78 is 41.0. The maximum absolute atomic E-state index is 12.5. The molecule has 0 fully saturated rings. The lowest BCUT2D eigenvalue weighted by molar-refractivity contribution is -0.644. The van der Waals surface area contributed by atoms with Gasteiger partial charge in [0.05, 0.1) is 12.6 Å². The average Bonchev–Trinajstić information content (AvgIpc) is 2.54. The maximum atomic E-state index is 12.5. The number of halogens is 3. The van der Waals surface area contributed by atoms with Crippen LogP contribution < -0.4 is 4.57 Å². The standard InChI is InChI=1S/C11H12F3N2/c1-3-9-7-15(2)10-5-4-8(6-16(9)10)11(12,13)14/h4-7H,3H2,1-2H3/q+1. The minimum Gasteiger partial charge on any atom is -0.233 e. The predicted molar refractivity (Wildman–Crippen MR) is 53.0 cm³/mol. The quantitative estimate of drug-likeness (QED) is 0.663. The van der Waals surface area contributed by atoms with Crippen LogP contribution in [0.1, 0.15) is 18.2 Å². The number of hydrogen-bond donors (Lipinski definition) is 0. The monoisotopic (exact) mass is 229 g/mol. The van der Waals surface area contributed by atoms with E-state index in [1.165, 1.54) is 6.07 Å². The summed E-state index contributed by atoms with van der Waals surface area (Å²) in [7, 11) is 1.82. The number of imidazole rings is 1. The van der Waals surface area contributed by atoms with Gasteiger partial charge in [-0.2, -0.15) is 17.6 Å². The van der Waals surface area contributed by atoms with Crippen LogP contribution in [0.25, 0.3) is 5.65 Å². The Bertz CT molecular complexity index is 526. The highest BCUT2D eigenvalue weighted by atomic mass is 19.4. The maximum Gasteiger partial charge on any atom is 0.419 e. The number of pyridine rings is 1. The van der Waals surface area contributed by atoms with E-state index in [4.69, 9.17) is 0 Å². The van der Waals surface area contributed by atoms with Gasteiger partial charge in [-0.25, -0.2) is 4.57 Å². The molecule has 0 atom stereocenters. The van der Waals surface area contributed by atoms with Crippen molar-refractivity contribution in [2.45, 2.75) is 19.5 Å². The van der Waals surface area contributed by atoms with Gasteiger partial charge < -0.3 is 0 Å². The van der Waals surface area contributed by atoms with Crippen molar-refractivity contribution in [3.05, 3.63) is 35.8 Å². The van der Waals surface area contributed by atoms with Gasteiger partial charge in [0.2, 0.25) is 0 Å². The molecule has 0 saturated heterocycles. The Labute approximate surface area is 90.9 Å². The Morgan fingerprint density at radius 3 is 2.56 bits per heavy atom. The van der Waals surface area contributed by atoms with E-state index in [-0.39, 0.29) is 0 Å².